The SMILES string of the molecule is Cc1ccc(F)c(C(O)c2occc2C(=O)O)c1. The normalized spacial score (nSPS) is 12.4. The molecular formula is C13H11FO4. The van der Waals surface area contributed by atoms with E-state index >= 15 is 0 Å². The molecule has 0 saturated carbocycles. The highest BCUT2D eigenvalue weighted by atomic mass is 19.1. The van der Waals surface area contributed by atoms with Crippen molar-refractivity contribution in [1.29, 1.82) is 0 Å². The fourth-order valence-corrected chi connectivity index (χ4v) is 1.72. The lowest BCUT2D eigenvalue weighted by atomic mass is 10.0. The highest BCUT2D eigenvalue weighted by Gasteiger charge is 2.24. The molecule has 0 aliphatic rings. The minimum atomic E-state index is -1.44. The highest BCUT2D eigenvalue weighted by molar-refractivity contribution is 5.88. The van der Waals surface area contributed by atoms with Crippen LogP contribution in [0, 0.1) is 12.7 Å². The summed E-state index contributed by atoms with van der Waals surface area (Å²) in [7, 11) is 0. The Labute approximate surface area is 102 Å². The van der Waals surface area contributed by atoms with Crippen LogP contribution < -0.4 is 0 Å². The molecular weight excluding hydrogens is 239 g/mol. The van der Waals surface area contributed by atoms with Gasteiger partial charge < -0.3 is 14.6 Å². The van der Waals surface area contributed by atoms with Crippen molar-refractivity contribution in [2.24, 2.45) is 0 Å². The van der Waals surface area contributed by atoms with Crippen molar-refractivity contribution in [3.63, 3.8) is 0 Å². The van der Waals surface area contributed by atoms with Crippen molar-refractivity contribution < 1.29 is 23.8 Å². The number of furan rings is 1. The van der Waals surface area contributed by atoms with Crippen LogP contribution in [0.4, 0.5) is 4.39 Å². The zero-order valence-electron chi connectivity index (χ0n) is 9.55. The van der Waals surface area contributed by atoms with E-state index in [1.165, 1.54) is 18.2 Å². The number of carboxylic acids is 1. The quantitative estimate of drug-likeness (QED) is 0.878. The Balaban J connectivity index is 2.47. The molecule has 1 atom stereocenters. The van der Waals surface area contributed by atoms with Gasteiger partial charge in [0, 0.05) is 5.56 Å². The van der Waals surface area contributed by atoms with Gasteiger partial charge in [-0.15, -0.1) is 0 Å². The van der Waals surface area contributed by atoms with E-state index in [1.54, 1.807) is 13.0 Å². The maximum absolute atomic E-state index is 13.6. The minimum absolute atomic E-state index is 0.00699. The molecule has 1 aromatic carbocycles. The lowest BCUT2D eigenvalue weighted by Crippen LogP contribution is -2.07. The Kier molecular flexibility index (Phi) is 3.16. The van der Waals surface area contributed by atoms with E-state index in [9.17, 15) is 14.3 Å². The van der Waals surface area contributed by atoms with Gasteiger partial charge in [0.2, 0.25) is 0 Å². The summed E-state index contributed by atoms with van der Waals surface area (Å²) in [5.74, 6) is -2.02. The maximum atomic E-state index is 13.6. The topological polar surface area (TPSA) is 70.7 Å². The number of aliphatic hydroxyl groups is 1. The molecule has 1 heterocycles. The predicted molar refractivity (Wildman–Crippen MR) is 60.9 cm³/mol. The number of carboxylic acid groups (broad SMARTS) is 1. The molecule has 0 saturated heterocycles. The van der Waals surface area contributed by atoms with Crippen LogP contribution in [0.3, 0.4) is 0 Å². The van der Waals surface area contributed by atoms with Gasteiger partial charge in [0.25, 0.3) is 0 Å². The second kappa shape index (κ2) is 4.62. The Bertz CT molecular complexity index is 588. The third-order valence-corrected chi connectivity index (χ3v) is 2.62. The predicted octanol–water partition coefficient (Wildman–Crippen LogP) is 2.51. The van der Waals surface area contributed by atoms with Crippen LogP contribution in [-0.2, 0) is 0 Å². The summed E-state index contributed by atoms with van der Waals surface area (Å²) < 4.78 is 18.5. The minimum Gasteiger partial charge on any atom is -0.478 e. The fourth-order valence-electron chi connectivity index (χ4n) is 1.72. The van der Waals surface area contributed by atoms with Gasteiger partial charge >= 0.3 is 5.97 Å². The molecule has 0 bridgehead atoms. The number of aliphatic hydroxyl groups excluding tert-OH is 1. The van der Waals surface area contributed by atoms with Gasteiger partial charge in [0.15, 0.2) is 5.76 Å². The van der Waals surface area contributed by atoms with Gasteiger partial charge in [0.05, 0.1) is 6.26 Å². The van der Waals surface area contributed by atoms with Gasteiger partial charge in [-0.25, -0.2) is 9.18 Å². The molecule has 0 amide bonds. The van der Waals surface area contributed by atoms with Gasteiger partial charge in [-0.3, -0.25) is 0 Å². The number of halogens is 1. The standard InChI is InChI=1S/C13H11FO4/c1-7-2-3-10(14)9(6-7)11(15)12-8(13(16)17)4-5-18-12/h2-6,11,15H,1H3,(H,16,17). The average Bonchev–Trinajstić information content (AvgIpc) is 2.80. The van der Waals surface area contributed by atoms with Crippen molar-refractivity contribution in [3.05, 3.63) is 58.8 Å². The molecule has 2 aromatic rings. The first kappa shape index (κ1) is 12.3. The number of benzene rings is 1. The average molecular weight is 250 g/mol. The van der Waals surface area contributed by atoms with Crippen LogP contribution in [0.15, 0.2) is 34.9 Å². The maximum Gasteiger partial charge on any atom is 0.339 e. The molecule has 1 unspecified atom stereocenters. The molecule has 0 spiro atoms. The number of hydrogen-bond acceptors (Lipinski definition) is 3. The second-order valence-corrected chi connectivity index (χ2v) is 3.93. The molecule has 2 N–H and O–H groups in total. The number of aryl methyl sites for hydroxylation is 1. The second-order valence-electron chi connectivity index (χ2n) is 3.93. The van der Waals surface area contributed by atoms with Crippen LogP contribution in [0.1, 0.15) is 33.3 Å². The number of carbonyl (C=O) groups is 1. The van der Waals surface area contributed by atoms with E-state index in [0.29, 0.717) is 0 Å². The monoisotopic (exact) mass is 250 g/mol. The first-order valence-corrected chi connectivity index (χ1v) is 5.25. The molecule has 1 aromatic heterocycles. The van der Waals surface area contributed by atoms with E-state index in [4.69, 9.17) is 9.52 Å². The number of aromatic carboxylic acids is 1. The van der Waals surface area contributed by atoms with Crippen molar-refractivity contribution in [3.8, 4) is 0 Å². The van der Waals surface area contributed by atoms with Crippen molar-refractivity contribution >= 4 is 5.97 Å². The summed E-state index contributed by atoms with van der Waals surface area (Å²) in [6.45, 7) is 1.75. The smallest absolute Gasteiger partial charge is 0.339 e. The number of hydrogen-bond donors (Lipinski definition) is 2. The Morgan fingerprint density at radius 3 is 2.78 bits per heavy atom. The third kappa shape index (κ3) is 2.12. The summed E-state index contributed by atoms with van der Waals surface area (Å²) in [6.07, 6.45) is -0.290. The first-order valence-electron chi connectivity index (χ1n) is 5.25. The molecule has 0 aliphatic heterocycles. The van der Waals surface area contributed by atoms with Crippen molar-refractivity contribution in [2.75, 3.05) is 0 Å². The van der Waals surface area contributed by atoms with Crippen LogP contribution in [0.2, 0.25) is 0 Å². The molecule has 2 rings (SSSR count). The van der Waals surface area contributed by atoms with Crippen LogP contribution in [0.5, 0.6) is 0 Å². The molecule has 4 nitrogen and oxygen atoms in total. The largest absolute Gasteiger partial charge is 0.478 e. The Morgan fingerprint density at radius 1 is 1.39 bits per heavy atom. The highest BCUT2D eigenvalue weighted by Crippen LogP contribution is 2.28. The first-order chi connectivity index (χ1) is 8.50. The zero-order valence-corrected chi connectivity index (χ0v) is 9.55. The summed E-state index contributed by atoms with van der Waals surface area (Å²) in [5, 5.41) is 18.9. The third-order valence-electron chi connectivity index (χ3n) is 2.62. The summed E-state index contributed by atoms with van der Waals surface area (Å²) in [4.78, 5) is 10.9. The van der Waals surface area contributed by atoms with Crippen LogP contribution >= 0.6 is 0 Å². The van der Waals surface area contributed by atoms with Crippen molar-refractivity contribution in [1.82, 2.24) is 0 Å². The molecule has 0 radical (unpaired) electrons. The van der Waals surface area contributed by atoms with E-state index < -0.39 is 17.9 Å². The van der Waals surface area contributed by atoms with Crippen LogP contribution in [-0.4, -0.2) is 16.2 Å². The van der Waals surface area contributed by atoms with E-state index in [2.05, 4.69) is 0 Å². The zero-order chi connectivity index (χ0) is 13.3. The Hall–Kier alpha value is -2.14. The van der Waals surface area contributed by atoms with Crippen molar-refractivity contribution in [2.45, 2.75) is 13.0 Å². The van der Waals surface area contributed by atoms with Gasteiger partial charge in [-0.1, -0.05) is 17.7 Å². The fraction of sp³-hybridized carbons (Fsp3) is 0.154. The summed E-state index contributed by atoms with van der Waals surface area (Å²) in [5.41, 5.74) is 0.574. The molecule has 0 aliphatic carbocycles. The molecule has 5 heteroatoms. The Morgan fingerprint density at radius 2 is 2.11 bits per heavy atom. The van der Waals surface area contributed by atoms with Gasteiger partial charge in [-0.05, 0) is 19.1 Å². The lowest BCUT2D eigenvalue weighted by Gasteiger charge is -2.11. The summed E-state index contributed by atoms with van der Waals surface area (Å²) in [6, 6.07) is 5.45. The van der Waals surface area contributed by atoms with Gasteiger partial charge in [-0.2, -0.15) is 0 Å². The molecule has 94 valence electrons. The van der Waals surface area contributed by atoms with Crippen LogP contribution in [0.25, 0.3) is 0 Å². The lowest BCUT2D eigenvalue weighted by molar-refractivity contribution is 0.0687. The van der Waals surface area contributed by atoms with E-state index in [1.807, 2.05) is 0 Å². The molecule has 0 fully saturated rings. The number of rotatable bonds is 3. The molecule has 18 heavy (non-hydrogen) atoms. The van der Waals surface area contributed by atoms with Gasteiger partial charge in [0.1, 0.15) is 17.5 Å². The van der Waals surface area contributed by atoms with E-state index in [0.717, 1.165) is 11.8 Å². The van der Waals surface area contributed by atoms with E-state index in [-0.39, 0.29) is 16.9 Å². The summed E-state index contributed by atoms with van der Waals surface area (Å²) >= 11 is 0.